The molecule has 3 aromatic rings. The highest BCUT2D eigenvalue weighted by molar-refractivity contribution is 6.43. The minimum Gasteiger partial charge on any atom is -0.469 e. The van der Waals surface area contributed by atoms with E-state index in [4.69, 9.17) is 38.7 Å². The van der Waals surface area contributed by atoms with Gasteiger partial charge in [-0.15, -0.1) is 0 Å². The number of piperidine rings is 1. The van der Waals surface area contributed by atoms with Crippen LogP contribution in [0.5, 0.6) is 5.88 Å². The summed E-state index contributed by atoms with van der Waals surface area (Å²) >= 11 is 12.6. The zero-order chi connectivity index (χ0) is 22.5. The van der Waals surface area contributed by atoms with Gasteiger partial charge in [0.25, 0.3) is 0 Å². The summed E-state index contributed by atoms with van der Waals surface area (Å²) in [7, 11) is 0. The Hall–Kier alpha value is -2.92. The second kappa shape index (κ2) is 7.89. The van der Waals surface area contributed by atoms with Crippen LogP contribution >= 0.6 is 23.2 Å². The second-order valence-corrected chi connectivity index (χ2v) is 8.86. The fourth-order valence-corrected chi connectivity index (χ4v) is 4.96. The minimum absolute atomic E-state index is 0.224. The Morgan fingerprint density at radius 3 is 2.69 bits per heavy atom. The van der Waals surface area contributed by atoms with Crippen LogP contribution in [0.25, 0.3) is 11.1 Å². The molecule has 0 bridgehead atoms. The topological polar surface area (TPSA) is 101 Å². The molecule has 2 aliphatic rings. The first kappa shape index (κ1) is 21.0. The number of benzene rings is 1. The number of hydrogen-bond acceptors (Lipinski definition) is 7. The lowest BCUT2D eigenvalue weighted by atomic mass is 9.83. The smallest absolute Gasteiger partial charge is 0.226 e. The maximum Gasteiger partial charge on any atom is 0.226 e. The number of anilines is 1. The molecule has 9 heteroatoms. The Labute approximate surface area is 195 Å². The molecule has 2 N–H and O–H groups in total. The quantitative estimate of drug-likeness (QED) is 0.594. The number of aromatic nitrogens is 3. The molecule has 1 saturated heterocycles. The van der Waals surface area contributed by atoms with Crippen molar-refractivity contribution in [2.75, 3.05) is 18.0 Å². The maximum atomic E-state index is 9.81. The largest absolute Gasteiger partial charge is 0.469 e. The standard InChI is InChI=1S/C23H20Cl2N6O/c1-13-18(14-4-2-6-16(24)19(14)25)17(12-26)30-22(29-13)31-10-7-23(8-11-31)20(27)15-5-3-9-28-21(15)32-23/h2-6,9,20H,7-8,10-11,27H2,1H3. The molecule has 1 unspecified atom stereocenters. The van der Waals surface area contributed by atoms with Gasteiger partial charge in [0.1, 0.15) is 11.7 Å². The van der Waals surface area contributed by atoms with Crippen molar-refractivity contribution in [3.8, 4) is 23.1 Å². The normalized spacial score (nSPS) is 18.8. The van der Waals surface area contributed by atoms with Gasteiger partial charge in [0.2, 0.25) is 11.8 Å². The van der Waals surface area contributed by atoms with Gasteiger partial charge in [-0.05, 0) is 19.1 Å². The molecule has 0 radical (unpaired) electrons. The van der Waals surface area contributed by atoms with E-state index in [2.05, 4.69) is 20.9 Å². The lowest BCUT2D eigenvalue weighted by Crippen LogP contribution is -2.51. The van der Waals surface area contributed by atoms with Gasteiger partial charge in [-0.1, -0.05) is 41.4 Å². The number of aryl methyl sites for hydroxylation is 1. The van der Waals surface area contributed by atoms with Crippen molar-refractivity contribution in [2.45, 2.75) is 31.4 Å². The lowest BCUT2D eigenvalue weighted by molar-refractivity contribution is 0.0396. The van der Waals surface area contributed by atoms with Crippen molar-refractivity contribution in [1.29, 1.82) is 5.26 Å². The molecule has 1 spiro atoms. The van der Waals surface area contributed by atoms with Crippen LogP contribution in [0.15, 0.2) is 36.5 Å². The molecule has 1 aromatic carbocycles. The van der Waals surface area contributed by atoms with Crippen LogP contribution in [0.3, 0.4) is 0 Å². The van der Waals surface area contributed by atoms with Crippen LogP contribution in [0, 0.1) is 18.3 Å². The number of nitriles is 1. The molecule has 0 saturated carbocycles. The third-order valence-electron chi connectivity index (χ3n) is 6.30. The summed E-state index contributed by atoms with van der Waals surface area (Å²) in [6.07, 6.45) is 3.13. The van der Waals surface area contributed by atoms with E-state index < -0.39 is 5.60 Å². The first-order valence-corrected chi connectivity index (χ1v) is 11.1. The van der Waals surface area contributed by atoms with Crippen molar-refractivity contribution in [1.82, 2.24) is 15.0 Å². The van der Waals surface area contributed by atoms with E-state index in [-0.39, 0.29) is 11.7 Å². The fraction of sp³-hybridized carbons (Fsp3) is 0.304. The van der Waals surface area contributed by atoms with Crippen molar-refractivity contribution in [2.24, 2.45) is 5.73 Å². The third kappa shape index (κ3) is 3.27. The molecule has 7 nitrogen and oxygen atoms in total. The molecule has 5 rings (SSSR count). The Kier molecular flexibility index (Phi) is 5.17. The Bertz CT molecular complexity index is 1250. The third-order valence-corrected chi connectivity index (χ3v) is 7.12. The van der Waals surface area contributed by atoms with E-state index in [9.17, 15) is 5.26 Å². The Morgan fingerprint density at radius 1 is 1.19 bits per heavy atom. The van der Waals surface area contributed by atoms with E-state index in [0.29, 0.717) is 64.6 Å². The summed E-state index contributed by atoms with van der Waals surface area (Å²) in [5.41, 5.74) is 9.19. The molecule has 32 heavy (non-hydrogen) atoms. The van der Waals surface area contributed by atoms with E-state index in [0.717, 1.165) is 5.56 Å². The van der Waals surface area contributed by atoms with E-state index >= 15 is 0 Å². The highest BCUT2D eigenvalue weighted by atomic mass is 35.5. The number of fused-ring (bicyclic) bond motifs is 1. The van der Waals surface area contributed by atoms with Gasteiger partial charge in [0, 0.05) is 48.8 Å². The number of nitrogens with two attached hydrogens (primary N) is 1. The molecule has 0 amide bonds. The summed E-state index contributed by atoms with van der Waals surface area (Å²) in [4.78, 5) is 15.7. The number of nitrogens with zero attached hydrogens (tertiary/aromatic N) is 5. The van der Waals surface area contributed by atoms with Crippen molar-refractivity contribution in [3.05, 3.63) is 63.5 Å². The van der Waals surface area contributed by atoms with Gasteiger partial charge >= 0.3 is 0 Å². The average molecular weight is 467 g/mol. The van der Waals surface area contributed by atoms with Gasteiger partial charge in [-0.3, -0.25) is 0 Å². The van der Waals surface area contributed by atoms with Crippen molar-refractivity contribution < 1.29 is 4.74 Å². The lowest BCUT2D eigenvalue weighted by Gasteiger charge is -2.40. The van der Waals surface area contributed by atoms with Crippen LogP contribution in [-0.4, -0.2) is 33.6 Å². The Morgan fingerprint density at radius 2 is 1.97 bits per heavy atom. The van der Waals surface area contributed by atoms with Crippen LogP contribution in [0.4, 0.5) is 5.95 Å². The average Bonchev–Trinajstić information content (AvgIpc) is 3.07. The van der Waals surface area contributed by atoms with Gasteiger partial charge in [0.15, 0.2) is 5.69 Å². The van der Waals surface area contributed by atoms with Crippen LogP contribution in [0.1, 0.15) is 35.8 Å². The molecule has 1 fully saturated rings. The number of hydrogen-bond donors (Lipinski definition) is 1. The zero-order valence-corrected chi connectivity index (χ0v) is 18.9. The number of rotatable bonds is 2. The summed E-state index contributed by atoms with van der Waals surface area (Å²) in [6, 6.07) is 11.1. The summed E-state index contributed by atoms with van der Waals surface area (Å²) in [5, 5.41) is 10.6. The van der Waals surface area contributed by atoms with Crippen LogP contribution in [-0.2, 0) is 0 Å². The SMILES string of the molecule is Cc1nc(N2CCC3(CC2)Oc2ncccc2C3N)nc(C#N)c1-c1cccc(Cl)c1Cl. The highest BCUT2D eigenvalue weighted by Crippen LogP contribution is 2.46. The number of halogens is 2. The molecule has 162 valence electrons. The monoisotopic (exact) mass is 466 g/mol. The van der Waals surface area contributed by atoms with Crippen molar-refractivity contribution in [3.63, 3.8) is 0 Å². The first-order chi connectivity index (χ1) is 15.4. The van der Waals surface area contributed by atoms with Crippen molar-refractivity contribution >= 4 is 29.2 Å². The predicted molar refractivity (Wildman–Crippen MR) is 123 cm³/mol. The summed E-state index contributed by atoms with van der Waals surface area (Å²) in [5.74, 6) is 1.13. The first-order valence-electron chi connectivity index (χ1n) is 10.3. The molecular weight excluding hydrogens is 447 g/mol. The predicted octanol–water partition coefficient (Wildman–Crippen LogP) is 4.46. The van der Waals surface area contributed by atoms with Gasteiger partial charge < -0.3 is 15.4 Å². The van der Waals surface area contributed by atoms with E-state index in [1.54, 1.807) is 18.3 Å². The highest BCUT2D eigenvalue weighted by Gasteiger charge is 2.49. The fourth-order valence-electron chi connectivity index (χ4n) is 4.56. The van der Waals surface area contributed by atoms with Crippen LogP contribution < -0.4 is 15.4 Å². The van der Waals surface area contributed by atoms with Gasteiger partial charge in [0.05, 0.1) is 21.8 Å². The maximum absolute atomic E-state index is 9.81. The number of ether oxygens (including phenoxy) is 1. The van der Waals surface area contributed by atoms with E-state index in [1.165, 1.54) is 0 Å². The second-order valence-electron chi connectivity index (χ2n) is 8.08. The van der Waals surface area contributed by atoms with Gasteiger partial charge in [-0.2, -0.15) is 5.26 Å². The van der Waals surface area contributed by atoms with Gasteiger partial charge in [-0.25, -0.2) is 15.0 Å². The number of pyridine rings is 1. The molecule has 2 aromatic heterocycles. The molecule has 2 aliphatic heterocycles. The molecular formula is C23H20Cl2N6O. The minimum atomic E-state index is -0.478. The molecule has 0 aliphatic carbocycles. The molecule has 4 heterocycles. The Balaban J connectivity index is 1.42. The van der Waals surface area contributed by atoms with E-state index in [1.807, 2.05) is 25.1 Å². The molecule has 1 atom stereocenters. The summed E-state index contributed by atoms with van der Waals surface area (Å²) in [6.45, 7) is 3.16. The zero-order valence-electron chi connectivity index (χ0n) is 17.3. The summed E-state index contributed by atoms with van der Waals surface area (Å²) < 4.78 is 6.22. The van der Waals surface area contributed by atoms with Crippen LogP contribution in [0.2, 0.25) is 10.0 Å².